The van der Waals surface area contributed by atoms with Crippen LogP contribution in [0.3, 0.4) is 0 Å². The highest BCUT2D eigenvalue weighted by atomic mass is 32.2. The summed E-state index contributed by atoms with van der Waals surface area (Å²) in [5.41, 5.74) is 5.39. The molecule has 0 unspecified atom stereocenters. The van der Waals surface area contributed by atoms with Crippen molar-refractivity contribution in [2.45, 2.75) is 19.0 Å². The molecule has 0 saturated carbocycles. The zero-order chi connectivity index (χ0) is 8.97. The van der Waals surface area contributed by atoms with Crippen LogP contribution in [-0.4, -0.2) is 20.7 Å². The smallest absolute Gasteiger partial charge is 0.223 e. The summed E-state index contributed by atoms with van der Waals surface area (Å²) in [7, 11) is 0. The van der Waals surface area contributed by atoms with Gasteiger partial charge in [-0.2, -0.15) is 4.98 Å². The van der Waals surface area contributed by atoms with Crippen LogP contribution >= 0.6 is 11.8 Å². The van der Waals surface area contributed by atoms with Gasteiger partial charge < -0.3 is 5.73 Å². The van der Waals surface area contributed by atoms with E-state index in [1.807, 2.05) is 0 Å². The van der Waals surface area contributed by atoms with E-state index in [1.165, 1.54) is 6.33 Å². The third kappa shape index (κ3) is 3.04. The summed E-state index contributed by atoms with van der Waals surface area (Å²) < 4.78 is 0. The summed E-state index contributed by atoms with van der Waals surface area (Å²) >= 11 is 1.60. The molecule has 0 spiro atoms. The average molecular weight is 184 g/mol. The highest BCUT2D eigenvalue weighted by Gasteiger charge is 2.00. The number of thioether (sulfide) groups is 1. The van der Waals surface area contributed by atoms with E-state index in [2.05, 4.69) is 28.8 Å². The van der Waals surface area contributed by atoms with Gasteiger partial charge in [0, 0.05) is 5.75 Å². The van der Waals surface area contributed by atoms with Crippen molar-refractivity contribution >= 4 is 17.7 Å². The molecule has 12 heavy (non-hydrogen) atoms. The Kier molecular flexibility index (Phi) is 3.28. The lowest BCUT2D eigenvalue weighted by Gasteiger charge is -2.01. The lowest BCUT2D eigenvalue weighted by atomic mass is 10.3. The second-order valence-electron chi connectivity index (χ2n) is 2.83. The highest BCUT2D eigenvalue weighted by molar-refractivity contribution is 7.99. The number of anilines is 1. The minimum Gasteiger partial charge on any atom is -0.368 e. The number of hydrogen-bond donors (Lipinski definition) is 1. The minimum absolute atomic E-state index is 0.288. The molecule has 0 amide bonds. The Labute approximate surface area is 76.0 Å². The first-order chi connectivity index (χ1) is 5.68. The molecule has 2 N–H and O–H groups in total. The van der Waals surface area contributed by atoms with Crippen molar-refractivity contribution in [3.63, 3.8) is 0 Å². The number of rotatable bonds is 3. The predicted molar refractivity (Wildman–Crippen MR) is 49.8 cm³/mol. The second kappa shape index (κ2) is 4.25. The maximum atomic E-state index is 5.39. The number of aromatic nitrogens is 3. The first kappa shape index (κ1) is 9.25. The van der Waals surface area contributed by atoms with Crippen LogP contribution in [0.5, 0.6) is 0 Å². The quantitative estimate of drug-likeness (QED) is 0.715. The van der Waals surface area contributed by atoms with Crippen LogP contribution in [0.1, 0.15) is 13.8 Å². The van der Waals surface area contributed by atoms with Crippen molar-refractivity contribution in [1.29, 1.82) is 0 Å². The lowest BCUT2D eigenvalue weighted by Crippen LogP contribution is -1.99. The minimum atomic E-state index is 0.288. The third-order valence-electron chi connectivity index (χ3n) is 1.11. The third-order valence-corrected chi connectivity index (χ3v) is 2.40. The van der Waals surface area contributed by atoms with Gasteiger partial charge in [0.1, 0.15) is 6.33 Å². The molecule has 4 nitrogen and oxygen atoms in total. The van der Waals surface area contributed by atoms with Crippen LogP contribution in [0.2, 0.25) is 0 Å². The normalized spacial score (nSPS) is 10.6. The zero-order valence-electron chi connectivity index (χ0n) is 7.19. The van der Waals surface area contributed by atoms with Crippen molar-refractivity contribution in [3.8, 4) is 0 Å². The van der Waals surface area contributed by atoms with Gasteiger partial charge in [-0.15, -0.1) is 0 Å². The van der Waals surface area contributed by atoms with Crippen LogP contribution < -0.4 is 5.73 Å². The SMILES string of the molecule is CC(C)CSc1ncnc(N)n1. The molecule has 0 aromatic carbocycles. The summed E-state index contributed by atoms with van der Waals surface area (Å²) in [5, 5.41) is 0.705. The Morgan fingerprint density at radius 1 is 1.50 bits per heavy atom. The van der Waals surface area contributed by atoms with Crippen LogP contribution in [0.25, 0.3) is 0 Å². The first-order valence-electron chi connectivity index (χ1n) is 3.76. The molecular weight excluding hydrogens is 172 g/mol. The molecule has 1 aromatic rings. The van der Waals surface area contributed by atoms with Crippen molar-refractivity contribution in [3.05, 3.63) is 6.33 Å². The molecule has 1 heterocycles. The fraction of sp³-hybridized carbons (Fsp3) is 0.571. The van der Waals surface area contributed by atoms with E-state index in [0.717, 1.165) is 5.75 Å². The van der Waals surface area contributed by atoms with E-state index < -0.39 is 0 Å². The molecule has 1 rings (SSSR count). The number of nitrogen functional groups attached to an aromatic ring is 1. The van der Waals surface area contributed by atoms with Crippen LogP contribution in [0.4, 0.5) is 5.95 Å². The largest absolute Gasteiger partial charge is 0.368 e. The maximum absolute atomic E-state index is 5.39. The molecule has 0 aliphatic rings. The number of hydrogen-bond acceptors (Lipinski definition) is 5. The fourth-order valence-corrected chi connectivity index (χ4v) is 1.37. The van der Waals surface area contributed by atoms with Crippen molar-refractivity contribution < 1.29 is 0 Å². The lowest BCUT2D eigenvalue weighted by molar-refractivity contribution is 0.747. The molecule has 66 valence electrons. The van der Waals surface area contributed by atoms with Crippen molar-refractivity contribution in [2.24, 2.45) is 5.92 Å². The van der Waals surface area contributed by atoms with Gasteiger partial charge in [0.25, 0.3) is 0 Å². The summed E-state index contributed by atoms with van der Waals surface area (Å²) in [4.78, 5) is 11.6. The molecule has 0 aliphatic carbocycles. The van der Waals surface area contributed by atoms with Crippen LogP contribution in [0, 0.1) is 5.92 Å². The standard InChI is InChI=1S/C7H12N4S/c1-5(2)3-12-7-10-4-9-6(8)11-7/h4-5H,3H2,1-2H3,(H2,8,9,10,11). The van der Waals surface area contributed by atoms with Gasteiger partial charge in [0.2, 0.25) is 5.95 Å². The van der Waals surface area contributed by atoms with E-state index in [1.54, 1.807) is 11.8 Å². The van der Waals surface area contributed by atoms with E-state index in [9.17, 15) is 0 Å². The summed E-state index contributed by atoms with van der Waals surface area (Å²) in [6.07, 6.45) is 1.44. The molecule has 0 radical (unpaired) electrons. The predicted octanol–water partition coefficient (Wildman–Crippen LogP) is 1.20. The summed E-state index contributed by atoms with van der Waals surface area (Å²) in [6.45, 7) is 4.30. The molecule has 0 bridgehead atoms. The van der Waals surface area contributed by atoms with E-state index in [-0.39, 0.29) is 5.95 Å². The first-order valence-corrected chi connectivity index (χ1v) is 4.74. The number of nitrogens with zero attached hydrogens (tertiary/aromatic N) is 3. The Balaban J connectivity index is 2.52. The maximum Gasteiger partial charge on any atom is 0.223 e. The van der Waals surface area contributed by atoms with Crippen molar-refractivity contribution in [1.82, 2.24) is 15.0 Å². The van der Waals surface area contributed by atoms with E-state index >= 15 is 0 Å². The zero-order valence-corrected chi connectivity index (χ0v) is 8.01. The molecule has 5 heteroatoms. The van der Waals surface area contributed by atoms with E-state index in [0.29, 0.717) is 11.1 Å². The fourth-order valence-electron chi connectivity index (χ4n) is 0.604. The van der Waals surface area contributed by atoms with Gasteiger partial charge in [0.15, 0.2) is 5.16 Å². The Morgan fingerprint density at radius 3 is 2.83 bits per heavy atom. The number of nitrogens with two attached hydrogens (primary N) is 1. The average Bonchev–Trinajstić information content (AvgIpc) is 2.01. The van der Waals surface area contributed by atoms with Gasteiger partial charge in [-0.1, -0.05) is 25.6 Å². The van der Waals surface area contributed by atoms with Gasteiger partial charge in [-0.3, -0.25) is 0 Å². The molecular formula is C7H12N4S. The highest BCUT2D eigenvalue weighted by Crippen LogP contribution is 2.15. The second-order valence-corrected chi connectivity index (χ2v) is 3.82. The van der Waals surface area contributed by atoms with Crippen LogP contribution in [-0.2, 0) is 0 Å². The van der Waals surface area contributed by atoms with Crippen molar-refractivity contribution in [2.75, 3.05) is 11.5 Å². The van der Waals surface area contributed by atoms with Gasteiger partial charge >= 0.3 is 0 Å². The monoisotopic (exact) mass is 184 g/mol. The van der Waals surface area contributed by atoms with Gasteiger partial charge in [-0.05, 0) is 5.92 Å². The summed E-state index contributed by atoms with van der Waals surface area (Å²) in [6, 6.07) is 0. The van der Waals surface area contributed by atoms with Gasteiger partial charge in [0.05, 0.1) is 0 Å². The van der Waals surface area contributed by atoms with Gasteiger partial charge in [-0.25, -0.2) is 9.97 Å². The molecule has 0 saturated heterocycles. The topological polar surface area (TPSA) is 64.7 Å². The molecule has 0 atom stereocenters. The molecule has 0 aliphatic heterocycles. The Bertz CT molecular complexity index is 251. The van der Waals surface area contributed by atoms with Crippen LogP contribution in [0.15, 0.2) is 11.5 Å². The summed E-state index contributed by atoms with van der Waals surface area (Å²) in [5.74, 6) is 1.92. The Hall–Kier alpha value is -0.840. The molecule has 1 aromatic heterocycles. The molecule has 0 fully saturated rings. The Morgan fingerprint density at radius 2 is 2.25 bits per heavy atom. The van der Waals surface area contributed by atoms with E-state index in [4.69, 9.17) is 5.73 Å².